The normalized spacial score (nSPS) is 12.6. The molecule has 2 aromatic carbocycles. The average Bonchev–Trinajstić information content (AvgIpc) is 3.19. The third kappa shape index (κ3) is 5.76. The van der Waals surface area contributed by atoms with Crippen LogP contribution >= 0.6 is 11.3 Å². The van der Waals surface area contributed by atoms with E-state index >= 15 is 0 Å². The molecule has 3 aromatic rings. The smallest absolute Gasteiger partial charge is 0.279 e. The van der Waals surface area contributed by atoms with Crippen molar-refractivity contribution in [3.63, 3.8) is 0 Å². The lowest BCUT2D eigenvalue weighted by atomic mass is 10.2. The number of aromatic nitrogens is 1. The van der Waals surface area contributed by atoms with Gasteiger partial charge >= 0.3 is 0 Å². The van der Waals surface area contributed by atoms with Crippen molar-refractivity contribution in [1.29, 1.82) is 0 Å². The van der Waals surface area contributed by atoms with E-state index in [4.69, 9.17) is 4.74 Å². The Hall–Kier alpha value is -2.49. The summed E-state index contributed by atoms with van der Waals surface area (Å²) in [5, 5.41) is 0. The average molecular weight is 504 g/mol. The third-order valence-electron chi connectivity index (χ3n) is 5.66. The van der Waals surface area contributed by atoms with E-state index in [9.17, 15) is 13.2 Å². The number of amides is 1. The SMILES string of the molecule is CCCCN(CCCC)S(=O)(=O)c1ccc(C(=O)N=c2sc3cc(OC)ccc3n2CC)cc1. The number of methoxy groups -OCH3 is 1. The molecule has 1 amide bonds. The summed E-state index contributed by atoms with van der Waals surface area (Å²) >= 11 is 1.42. The number of hydrogen-bond donors (Lipinski definition) is 0. The second-order valence-corrected chi connectivity index (χ2v) is 11.0. The molecule has 1 heterocycles. The largest absolute Gasteiger partial charge is 0.497 e. The third-order valence-corrected chi connectivity index (χ3v) is 8.62. The maximum atomic E-state index is 13.2. The van der Waals surface area contributed by atoms with E-state index in [0.29, 0.717) is 30.0 Å². The van der Waals surface area contributed by atoms with E-state index < -0.39 is 15.9 Å². The molecule has 1 aromatic heterocycles. The van der Waals surface area contributed by atoms with Crippen LogP contribution in [-0.2, 0) is 16.6 Å². The van der Waals surface area contributed by atoms with Crippen molar-refractivity contribution in [2.45, 2.75) is 57.9 Å². The lowest BCUT2D eigenvalue weighted by molar-refractivity contribution is 0.0997. The lowest BCUT2D eigenvalue weighted by Gasteiger charge is -2.22. The van der Waals surface area contributed by atoms with Gasteiger partial charge in [0.1, 0.15) is 5.75 Å². The Balaban J connectivity index is 1.89. The molecule has 0 spiro atoms. The molecular weight excluding hydrogens is 470 g/mol. The number of carbonyl (C=O) groups is 1. The van der Waals surface area contributed by atoms with Crippen LogP contribution in [0.15, 0.2) is 52.4 Å². The van der Waals surface area contributed by atoms with Gasteiger partial charge in [0.2, 0.25) is 10.0 Å². The molecule has 0 atom stereocenters. The van der Waals surface area contributed by atoms with Gasteiger partial charge in [-0.1, -0.05) is 38.0 Å². The van der Waals surface area contributed by atoms with Crippen LogP contribution < -0.4 is 9.54 Å². The lowest BCUT2D eigenvalue weighted by Crippen LogP contribution is -2.33. The first-order chi connectivity index (χ1) is 16.3. The van der Waals surface area contributed by atoms with Gasteiger partial charge in [0.25, 0.3) is 5.91 Å². The first kappa shape index (κ1) is 26.1. The highest BCUT2D eigenvalue weighted by atomic mass is 32.2. The molecule has 0 aliphatic heterocycles. The zero-order valence-electron chi connectivity index (χ0n) is 20.3. The predicted octanol–water partition coefficient (Wildman–Crippen LogP) is 5.06. The number of aryl methyl sites for hydroxylation is 1. The van der Waals surface area contributed by atoms with Crippen LogP contribution in [0.3, 0.4) is 0 Å². The van der Waals surface area contributed by atoms with Crippen LogP contribution in [0.4, 0.5) is 0 Å². The van der Waals surface area contributed by atoms with Gasteiger partial charge in [-0.2, -0.15) is 9.30 Å². The second kappa shape index (κ2) is 11.8. The van der Waals surface area contributed by atoms with Gasteiger partial charge in [-0.25, -0.2) is 8.42 Å². The maximum Gasteiger partial charge on any atom is 0.279 e. The minimum absolute atomic E-state index is 0.203. The van der Waals surface area contributed by atoms with Crippen molar-refractivity contribution >= 4 is 37.5 Å². The quantitative estimate of drug-likeness (QED) is 0.366. The zero-order chi connectivity index (χ0) is 24.7. The maximum absolute atomic E-state index is 13.2. The summed E-state index contributed by atoms with van der Waals surface area (Å²) in [6.07, 6.45) is 3.48. The van der Waals surface area contributed by atoms with E-state index in [2.05, 4.69) is 4.99 Å². The number of nitrogens with zero attached hydrogens (tertiary/aromatic N) is 3. The van der Waals surface area contributed by atoms with Crippen LogP contribution in [0.1, 0.15) is 56.8 Å². The van der Waals surface area contributed by atoms with Gasteiger partial charge < -0.3 is 9.30 Å². The van der Waals surface area contributed by atoms with E-state index in [0.717, 1.165) is 41.6 Å². The highest BCUT2D eigenvalue weighted by molar-refractivity contribution is 7.89. The summed E-state index contributed by atoms with van der Waals surface area (Å²) < 4.78 is 36.1. The van der Waals surface area contributed by atoms with Crippen molar-refractivity contribution in [3.05, 3.63) is 52.8 Å². The molecule has 0 fully saturated rings. The fraction of sp³-hybridized carbons (Fsp3) is 0.440. The van der Waals surface area contributed by atoms with E-state index in [1.807, 2.05) is 43.5 Å². The van der Waals surface area contributed by atoms with E-state index in [1.165, 1.54) is 23.5 Å². The number of fused-ring (bicyclic) bond motifs is 1. The number of benzene rings is 2. The number of unbranched alkanes of at least 4 members (excludes halogenated alkanes) is 2. The molecule has 0 aliphatic rings. The number of sulfonamides is 1. The molecule has 0 aliphatic carbocycles. The van der Waals surface area contributed by atoms with E-state index in [1.54, 1.807) is 23.5 Å². The molecule has 0 saturated carbocycles. The van der Waals surface area contributed by atoms with Crippen molar-refractivity contribution in [1.82, 2.24) is 8.87 Å². The minimum atomic E-state index is -3.60. The summed E-state index contributed by atoms with van der Waals surface area (Å²) in [5.74, 6) is 0.345. The molecule has 0 radical (unpaired) electrons. The van der Waals surface area contributed by atoms with E-state index in [-0.39, 0.29) is 4.90 Å². The Bertz CT molecular complexity index is 1280. The molecule has 34 heavy (non-hydrogen) atoms. The molecule has 184 valence electrons. The Morgan fingerprint density at radius 2 is 1.68 bits per heavy atom. The van der Waals surface area contributed by atoms with Crippen LogP contribution in [0, 0.1) is 0 Å². The topological polar surface area (TPSA) is 81.0 Å². The Morgan fingerprint density at radius 1 is 1.03 bits per heavy atom. The zero-order valence-corrected chi connectivity index (χ0v) is 21.9. The van der Waals surface area contributed by atoms with Crippen LogP contribution in [-0.4, -0.2) is 43.4 Å². The summed E-state index contributed by atoms with van der Waals surface area (Å²) in [7, 11) is -1.98. The molecular formula is C25H33N3O4S2. The highest BCUT2D eigenvalue weighted by Crippen LogP contribution is 2.23. The number of carbonyl (C=O) groups excluding carboxylic acids is 1. The molecule has 3 rings (SSSR count). The van der Waals surface area contributed by atoms with Crippen LogP contribution in [0.5, 0.6) is 5.75 Å². The molecule has 9 heteroatoms. The van der Waals surface area contributed by atoms with Gasteiger partial charge in [-0.15, -0.1) is 0 Å². The fourth-order valence-electron chi connectivity index (χ4n) is 3.66. The second-order valence-electron chi connectivity index (χ2n) is 8.02. The van der Waals surface area contributed by atoms with Crippen molar-refractivity contribution in [2.24, 2.45) is 4.99 Å². The van der Waals surface area contributed by atoms with Crippen LogP contribution in [0.25, 0.3) is 10.2 Å². The Labute approximate surface area is 205 Å². The van der Waals surface area contributed by atoms with Crippen LogP contribution in [0.2, 0.25) is 0 Å². The summed E-state index contributed by atoms with van der Waals surface area (Å²) in [6.45, 7) is 7.77. The Kier molecular flexibility index (Phi) is 9.04. The van der Waals surface area contributed by atoms with Gasteiger partial charge in [0, 0.05) is 25.2 Å². The summed E-state index contributed by atoms with van der Waals surface area (Å²) in [6, 6.07) is 11.9. The molecule has 7 nitrogen and oxygen atoms in total. The van der Waals surface area contributed by atoms with Crippen molar-refractivity contribution in [3.8, 4) is 5.75 Å². The number of thiazole rings is 1. The van der Waals surface area contributed by atoms with Crippen molar-refractivity contribution in [2.75, 3.05) is 20.2 Å². The first-order valence-corrected chi connectivity index (χ1v) is 14.0. The summed E-state index contributed by atoms with van der Waals surface area (Å²) in [5.41, 5.74) is 1.34. The molecule has 0 saturated heterocycles. The molecule has 0 N–H and O–H groups in total. The molecule has 0 unspecified atom stereocenters. The Morgan fingerprint density at radius 3 is 2.24 bits per heavy atom. The summed E-state index contributed by atoms with van der Waals surface area (Å²) in [4.78, 5) is 18.0. The molecule has 0 bridgehead atoms. The number of rotatable bonds is 11. The van der Waals surface area contributed by atoms with Gasteiger partial charge in [-0.3, -0.25) is 4.79 Å². The fourth-order valence-corrected chi connectivity index (χ4v) is 6.30. The predicted molar refractivity (Wildman–Crippen MR) is 137 cm³/mol. The van der Waals surface area contributed by atoms with Gasteiger partial charge in [-0.05, 0) is 62.2 Å². The highest BCUT2D eigenvalue weighted by Gasteiger charge is 2.23. The van der Waals surface area contributed by atoms with Gasteiger partial charge in [0.15, 0.2) is 4.80 Å². The van der Waals surface area contributed by atoms with Crippen molar-refractivity contribution < 1.29 is 17.9 Å². The van der Waals surface area contributed by atoms with Gasteiger partial charge in [0.05, 0.1) is 22.2 Å². The first-order valence-electron chi connectivity index (χ1n) is 11.7. The monoisotopic (exact) mass is 503 g/mol. The standard InChI is InChI=1S/C25H33N3O4S2/c1-5-8-16-27(17-9-6-2)34(30,31)21-13-10-19(11-14-21)24(29)26-25-28(7-3)22-15-12-20(32-4)18-23(22)33-25/h10-15,18H,5-9,16-17H2,1-4H3. The number of hydrogen-bond acceptors (Lipinski definition) is 5. The minimum Gasteiger partial charge on any atom is -0.497 e. The number of ether oxygens (including phenoxy) is 1.